The van der Waals surface area contributed by atoms with Crippen molar-refractivity contribution in [3.8, 4) is 0 Å². The zero-order valence-corrected chi connectivity index (χ0v) is 10.5. The lowest BCUT2D eigenvalue weighted by Crippen LogP contribution is -2.32. The van der Waals surface area contributed by atoms with Gasteiger partial charge in [-0.25, -0.2) is 0 Å². The molecular formula is C11H20F3NO2. The molecule has 0 saturated heterocycles. The van der Waals surface area contributed by atoms with Crippen molar-refractivity contribution in [1.82, 2.24) is 5.32 Å². The van der Waals surface area contributed by atoms with Gasteiger partial charge in [0.15, 0.2) is 0 Å². The molecule has 0 heterocycles. The fraction of sp³-hybridized carbons (Fsp3) is 0.909. The third-order valence-corrected chi connectivity index (χ3v) is 1.85. The summed E-state index contributed by atoms with van der Waals surface area (Å²) in [7, 11) is 0. The number of hydrogen-bond donors (Lipinski definition) is 1. The van der Waals surface area contributed by atoms with Crippen molar-refractivity contribution >= 4 is 5.91 Å². The van der Waals surface area contributed by atoms with Gasteiger partial charge in [-0.15, -0.1) is 0 Å². The van der Waals surface area contributed by atoms with Gasteiger partial charge in [-0.3, -0.25) is 4.79 Å². The van der Waals surface area contributed by atoms with Crippen molar-refractivity contribution in [3.05, 3.63) is 0 Å². The molecule has 0 aromatic heterocycles. The first kappa shape index (κ1) is 16.2. The maximum absolute atomic E-state index is 11.8. The molecule has 0 radical (unpaired) electrons. The van der Waals surface area contributed by atoms with Crippen molar-refractivity contribution in [3.63, 3.8) is 0 Å². The Balaban J connectivity index is 3.47. The highest BCUT2D eigenvalue weighted by molar-refractivity contribution is 5.77. The highest BCUT2D eigenvalue weighted by Crippen LogP contribution is 2.21. The van der Waals surface area contributed by atoms with Gasteiger partial charge in [-0.05, 0) is 33.6 Å². The summed E-state index contributed by atoms with van der Waals surface area (Å²) in [5, 5.41) is 2.51. The van der Waals surface area contributed by atoms with Crippen LogP contribution in [0.2, 0.25) is 0 Å². The van der Waals surface area contributed by atoms with Gasteiger partial charge in [0.2, 0.25) is 5.91 Å². The fourth-order valence-corrected chi connectivity index (χ4v) is 1.01. The van der Waals surface area contributed by atoms with Crippen LogP contribution < -0.4 is 5.32 Å². The molecule has 0 aromatic carbocycles. The van der Waals surface area contributed by atoms with E-state index in [4.69, 9.17) is 4.74 Å². The lowest BCUT2D eigenvalue weighted by Gasteiger charge is -2.18. The largest absolute Gasteiger partial charge is 0.389 e. The van der Waals surface area contributed by atoms with Gasteiger partial charge in [0.25, 0.3) is 0 Å². The van der Waals surface area contributed by atoms with Crippen LogP contribution in [-0.4, -0.2) is 30.8 Å². The van der Waals surface area contributed by atoms with Gasteiger partial charge >= 0.3 is 6.18 Å². The molecule has 0 spiro atoms. The molecule has 0 aliphatic rings. The van der Waals surface area contributed by atoms with E-state index in [-0.39, 0.29) is 25.5 Å². The van der Waals surface area contributed by atoms with Crippen LogP contribution in [0.1, 0.15) is 40.0 Å². The summed E-state index contributed by atoms with van der Waals surface area (Å²) in [4.78, 5) is 11.2. The van der Waals surface area contributed by atoms with Crippen molar-refractivity contribution in [2.75, 3.05) is 13.2 Å². The minimum atomic E-state index is -4.11. The molecule has 17 heavy (non-hydrogen) atoms. The Bertz CT molecular complexity index is 234. The minimum Gasteiger partial charge on any atom is -0.366 e. The molecule has 0 unspecified atom stereocenters. The van der Waals surface area contributed by atoms with Gasteiger partial charge < -0.3 is 10.1 Å². The molecule has 102 valence electrons. The number of amides is 1. The number of carbonyl (C=O) groups excluding carboxylic acids is 1. The second-order valence-electron chi connectivity index (χ2n) is 4.82. The van der Waals surface area contributed by atoms with E-state index in [0.717, 1.165) is 0 Å². The van der Waals surface area contributed by atoms with Crippen molar-refractivity contribution in [1.29, 1.82) is 0 Å². The van der Waals surface area contributed by atoms with E-state index in [1.807, 2.05) is 20.8 Å². The van der Waals surface area contributed by atoms with Crippen LogP contribution >= 0.6 is 0 Å². The second kappa shape index (κ2) is 6.83. The molecule has 6 heteroatoms. The third kappa shape index (κ3) is 13.2. The van der Waals surface area contributed by atoms with Crippen LogP contribution in [0.3, 0.4) is 0 Å². The molecule has 0 rings (SSSR count). The summed E-state index contributed by atoms with van der Waals surface area (Å²) in [6, 6.07) is 0. The Morgan fingerprint density at radius 1 is 1.18 bits per heavy atom. The molecule has 0 aliphatic heterocycles. The molecule has 1 N–H and O–H groups in total. The molecule has 0 atom stereocenters. The quantitative estimate of drug-likeness (QED) is 0.741. The molecule has 0 aromatic rings. The lowest BCUT2D eigenvalue weighted by atomic mass is 10.2. The van der Waals surface area contributed by atoms with Crippen LogP contribution in [-0.2, 0) is 9.53 Å². The predicted octanol–water partition coefficient (Wildman–Crippen LogP) is 2.65. The van der Waals surface area contributed by atoms with Gasteiger partial charge in [0.1, 0.15) is 6.61 Å². The van der Waals surface area contributed by atoms with Crippen LogP contribution in [0.5, 0.6) is 0 Å². The van der Waals surface area contributed by atoms with E-state index < -0.39 is 18.2 Å². The topological polar surface area (TPSA) is 38.3 Å². The number of rotatable bonds is 6. The molecule has 1 amide bonds. The Morgan fingerprint density at radius 2 is 1.76 bits per heavy atom. The van der Waals surface area contributed by atoms with Gasteiger partial charge in [0, 0.05) is 13.0 Å². The second-order valence-corrected chi connectivity index (χ2v) is 4.82. The maximum Gasteiger partial charge on any atom is 0.389 e. The Morgan fingerprint density at radius 3 is 2.24 bits per heavy atom. The zero-order valence-electron chi connectivity index (χ0n) is 10.5. The SMILES string of the molecule is CC(C)(C)OCC(=O)NCCCCC(F)(F)F. The first-order valence-electron chi connectivity index (χ1n) is 5.57. The number of nitrogens with one attached hydrogen (secondary N) is 1. The standard InChI is InChI=1S/C11H20F3NO2/c1-10(2,3)17-8-9(16)15-7-5-4-6-11(12,13)14/h4-8H2,1-3H3,(H,15,16). The summed E-state index contributed by atoms with van der Waals surface area (Å²) in [5.41, 5.74) is -0.395. The number of alkyl halides is 3. The van der Waals surface area contributed by atoms with Gasteiger partial charge in [-0.2, -0.15) is 13.2 Å². The van der Waals surface area contributed by atoms with E-state index in [1.165, 1.54) is 0 Å². The number of ether oxygens (including phenoxy) is 1. The molecule has 0 saturated carbocycles. The normalized spacial score (nSPS) is 12.6. The van der Waals surface area contributed by atoms with E-state index in [2.05, 4.69) is 5.32 Å². The van der Waals surface area contributed by atoms with Gasteiger partial charge in [-0.1, -0.05) is 0 Å². The monoisotopic (exact) mass is 255 g/mol. The van der Waals surface area contributed by atoms with E-state index in [1.54, 1.807) is 0 Å². The highest BCUT2D eigenvalue weighted by Gasteiger charge is 2.25. The van der Waals surface area contributed by atoms with Crippen LogP contribution in [0.4, 0.5) is 13.2 Å². The summed E-state index contributed by atoms with van der Waals surface area (Å²) in [6.45, 7) is 5.65. The van der Waals surface area contributed by atoms with E-state index in [0.29, 0.717) is 6.42 Å². The maximum atomic E-state index is 11.8. The van der Waals surface area contributed by atoms with Gasteiger partial charge in [0.05, 0.1) is 5.60 Å². The Kier molecular flexibility index (Phi) is 6.52. The highest BCUT2D eigenvalue weighted by atomic mass is 19.4. The average Bonchev–Trinajstić information content (AvgIpc) is 2.11. The molecular weight excluding hydrogens is 235 g/mol. The molecule has 0 bridgehead atoms. The van der Waals surface area contributed by atoms with Crippen molar-refractivity contribution in [2.45, 2.75) is 51.8 Å². The van der Waals surface area contributed by atoms with Crippen LogP contribution in [0.15, 0.2) is 0 Å². The summed E-state index contributed by atoms with van der Waals surface area (Å²) >= 11 is 0. The number of unbranched alkanes of at least 4 members (excludes halogenated alkanes) is 1. The molecule has 3 nitrogen and oxygen atoms in total. The smallest absolute Gasteiger partial charge is 0.366 e. The van der Waals surface area contributed by atoms with Crippen LogP contribution in [0.25, 0.3) is 0 Å². The Hall–Kier alpha value is -0.780. The minimum absolute atomic E-state index is 0.0317. The van der Waals surface area contributed by atoms with E-state index in [9.17, 15) is 18.0 Å². The zero-order chi connectivity index (χ0) is 13.5. The summed E-state index contributed by atoms with van der Waals surface area (Å²) in [6.07, 6.45) is -4.56. The number of carbonyl (C=O) groups is 1. The summed E-state index contributed by atoms with van der Waals surface area (Å²) < 4.78 is 40.6. The fourth-order valence-electron chi connectivity index (χ4n) is 1.01. The number of halogens is 3. The average molecular weight is 255 g/mol. The lowest BCUT2D eigenvalue weighted by molar-refractivity contribution is -0.135. The molecule has 0 fully saturated rings. The number of hydrogen-bond acceptors (Lipinski definition) is 2. The Labute approximate surface area is 99.7 Å². The predicted molar refractivity (Wildman–Crippen MR) is 58.6 cm³/mol. The van der Waals surface area contributed by atoms with Crippen molar-refractivity contribution < 1.29 is 22.7 Å². The first-order valence-corrected chi connectivity index (χ1v) is 5.57. The van der Waals surface area contributed by atoms with Crippen molar-refractivity contribution in [2.24, 2.45) is 0 Å². The summed E-state index contributed by atoms with van der Waals surface area (Å²) in [5.74, 6) is -0.299. The molecule has 0 aliphatic carbocycles. The van der Waals surface area contributed by atoms with Crippen LogP contribution in [0, 0.1) is 0 Å². The van der Waals surface area contributed by atoms with E-state index >= 15 is 0 Å². The first-order chi connectivity index (χ1) is 7.60. The third-order valence-electron chi connectivity index (χ3n) is 1.85.